The van der Waals surface area contributed by atoms with E-state index in [0.29, 0.717) is 0 Å². The molecule has 0 aliphatic carbocycles. The van der Waals surface area contributed by atoms with Gasteiger partial charge in [0, 0.05) is 25.9 Å². The first-order chi connectivity index (χ1) is 9.24. The molecule has 0 spiro atoms. The zero-order valence-electron chi connectivity index (χ0n) is 13.3. The van der Waals surface area contributed by atoms with Crippen molar-refractivity contribution in [3.63, 3.8) is 0 Å². The Morgan fingerprint density at radius 3 is 1.63 bits per heavy atom. The maximum absolute atomic E-state index is 6.04. The molecule has 0 heterocycles. The monoisotopic (exact) mass is 291 g/mol. The lowest BCUT2D eigenvalue weighted by Gasteiger charge is -2.29. The number of nitrogens with one attached hydrogen (secondary N) is 1. The summed E-state index contributed by atoms with van der Waals surface area (Å²) in [6.45, 7) is 9.64. The molecule has 5 heteroatoms. The predicted molar refractivity (Wildman–Crippen MR) is 82.5 cm³/mol. The number of hydrogen-bond donors (Lipinski definition) is 1. The van der Waals surface area contributed by atoms with Gasteiger partial charge in [-0.1, -0.05) is 20.8 Å². The summed E-state index contributed by atoms with van der Waals surface area (Å²) in [6, 6.07) is 0.939. The zero-order valence-corrected chi connectivity index (χ0v) is 14.3. The lowest BCUT2D eigenvalue weighted by molar-refractivity contribution is 0.0586. The van der Waals surface area contributed by atoms with E-state index >= 15 is 0 Å². The molecule has 116 valence electrons. The van der Waals surface area contributed by atoms with Gasteiger partial charge in [-0.05, 0) is 45.7 Å². The van der Waals surface area contributed by atoms with Crippen molar-refractivity contribution in [3.05, 3.63) is 0 Å². The van der Waals surface area contributed by atoms with Gasteiger partial charge in [0.25, 0.3) is 0 Å². The summed E-state index contributed by atoms with van der Waals surface area (Å²) in [6.07, 6.45) is 5.28. The Bertz CT molecular complexity index is 172. The summed E-state index contributed by atoms with van der Waals surface area (Å²) in [5, 5.41) is 3.18. The van der Waals surface area contributed by atoms with Crippen LogP contribution in [0.1, 0.15) is 52.9 Å². The van der Waals surface area contributed by atoms with Gasteiger partial charge in [-0.3, -0.25) is 0 Å². The SMILES string of the molecule is CCCO[Si](CCCCNC)(OCCC)OCCC. The third-order valence-corrected chi connectivity index (χ3v) is 5.64. The van der Waals surface area contributed by atoms with Gasteiger partial charge in [0.1, 0.15) is 0 Å². The lowest BCUT2D eigenvalue weighted by atomic mass is 10.3. The third kappa shape index (κ3) is 9.57. The molecule has 0 aromatic rings. The van der Waals surface area contributed by atoms with E-state index in [1.807, 2.05) is 7.05 Å². The van der Waals surface area contributed by atoms with E-state index in [-0.39, 0.29) is 0 Å². The van der Waals surface area contributed by atoms with E-state index in [1.165, 1.54) is 0 Å². The molecule has 0 atom stereocenters. The molecule has 0 aromatic carbocycles. The van der Waals surface area contributed by atoms with Gasteiger partial charge in [-0.15, -0.1) is 0 Å². The maximum Gasteiger partial charge on any atom is 0.500 e. The molecule has 0 fully saturated rings. The number of hydrogen-bond acceptors (Lipinski definition) is 4. The molecule has 0 aliphatic rings. The zero-order chi connectivity index (χ0) is 14.4. The predicted octanol–water partition coefficient (Wildman–Crippen LogP) is 3.20. The van der Waals surface area contributed by atoms with Gasteiger partial charge in [-0.25, -0.2) is 0 Å². The molecule has 0 saturated carbocycles. The third-order valence-electron chi connectivity index (χ3n) is 2.74. The highest BCUT2D eigenvalue weighted by Gasteiger charge is 2.40. The summed E-state index contributed by atoms with van der Waals surface area (Å²) >= 11 is 0. The average molecular weight is 292 g/mol. The van der Waals surface area contributed by atoms with Gasteiger partial charge in [0.15, 0.2) is 0 Å². The minimum atomic E-state index is -2.44. The molecule has 4 nitrogen and oxygen atoms in total. The molecule has 0 bridgehead atoms. The van der Waals surface area contributed by atoms with Crippen LogP contribution in [0.5, 0.6) is 0 Å². The van der Waals surface area contributed by atoms with Crippen LogP contribution in [-0.4, -0.2) is 42.2 Å². The normalized spacial score (nSPS) is 12.0. The summed E-state index contributed by atoms with van der Waals surface area (Å²) < 4.78 is 18.1. The standard InChI is InChI=1S/C14H33NO3Si/c1-5-11-16-19(17-12-6-2,18-13-7-3)14-9-8-10-15-4/h15H,5-14H2,1-4H3. The molecule has 0 aliphatic heterocycles. The second-order valence-electron chi connectivity index (χ2n) is 4.79. The van der Waals surface area contributed by atoms with Crippen molar-refractivity contribution in [2.75, 3.05) is 33.4 Å². The highest BCUT2D eigenvalue weighted by atomic mass is 28.4. The lowest BCUT2D eigenvalue weighted by Crippen LogP contribution is -2.46. The fourth-order valence-corrected chi connectivity index (χ4v) is 4.67. The highest BCUT2D eigenvalue weighted by molar-refractivity contribution is 6.60. The van der Waals surface area contributed by atoms with Gasteiger partial charge in [0.2, 0.25) is 0 Å². The van der Waals surface area contributed by atoms with Crippen molar-refractivity contribution >= 4 is 8.80 Å². The Kier molecular flexibility index (Phi) is 13.1. The fourth-order valence-electron chi connectivity index (χ4n) is 1.76. The largest absolute Gasteiger partial charge is 0.500 e. The quantitative estimate of drug-likeness (QED) is 0.394. The van der Waals surface area contributed by atoms with Gasteiger partial charge in [0.05, 0.1) is 0 Å². The molecule has 0 rings (SSSR count). The summed E-state index contributed by atoms with van der Waals surface area (Å²) in [5.41, 5.74) is 0. The Labute approximate surface area is 120 Å². The molecule has 0 saturated heterocycles. The average Bonchev–Trinajstić information content (AvgIpc) is 2.44. The molecule has 1 N–H and O–H groups in total. The minimum absolute atomic E-state index is 0.742. The summed E-state index contributed by atoms with van der Waals surface area (Å²) in [7, 11) is -0.451. The molecule has 0 amide bonds. The van der Waals surface area contributed by atoms with Gasteiger partial charge >= 0.3 is 8.80 Å². The molecule has 0 radical (unpaired) electrons. The second-order valence-corrected chi connectivity index (χ2v) is 7.52. The first-order valence-corrected chi connectivity index (χ1v) is 9.74. The van der Waals surface area contributed by atoms with Crippen LogP contribution >= 0.6 is 0 Å². The van der Waals surface area contributed by atoms with Crippen molar-refractivity contribution < 1.29 is 13.3 Å². The van der Waals surface area contributed by atoms with E-state index in [0.717, 1.165) is 64.5 Å². The topological polar surface area (TPSA) is 39.7 Å². The van der Waals surface area contributed by atoms with Crippen molar-refractivity contribution in [2.45, 2.75) is 58.9 Å². The van der Waals surface area contributed by atoms with Crippen LogP contribution < -0.4 is 5.32 Å². The Morgan fingerprint density at radius 1 is 0.789 bits per heavy atom. The van der Waals surface area contributed by atoms with E-state index in [1.54, 1.807) is 0 Å². The van der Waals surface area contributed by atoms with Crippen molar-refractivity contribution in [3.8, 4) is 0 Å². The van der Waals surface area contributed by atoms with Crippen molar-refractivity contribution in [1.29, 1.82) is 0 Å². The Morgan fingerprint density at radius 2 is 1.26 bits per heavy atom. The van der Waals surface area contributed by atoms with Crippen LogP contribution in [0, 0.1) is 0 Å². The van der Waals surface area contributed by atoms with E-state index < -0.39 is 8.80 Å². The van der Waals surface area contributed by atoms with Gasteiger partial charge in [-0.2, -0.15) is 0 Å². The minimum Gasteiger partial charge on any atom is -0.373 e. The van der Waals surface area contributed by atoms with Gasteiger partial charge < -0.3 is 18.6 Å². The molecular weight excluding hydrogens is 258 g/mol. The van der Waals surface area contributed by atoms with Crippen LogP contribution in [0.4, 0.5) is 0 Å². The Balaban J connectivity index is 4.38. The smallest absolute Gasteiger partial charge is 0.373 e. The summed E-state index contributed by atoms with van der Waals surface area (Å²) in [5.74, 6) is 0. The Hall–Kier alpha value is 0.0569. The maximum atomic E-state index is 6.04. The summed E-state index contributed by atoms with van der Waals surface area (Å²) in [4.78, 5) is 0. The van der Waals surface area contributed by atoms with Crippen LogP contribution in [0.15, 0.2) is 0 Å². The van der Waals surface area contributed by atoms with Crippen molar-refractivity contribution in [1.82, 2.24) is 5.32 Å². The molecule has 0 unspecified atom stereocenters. The van der Waals surface area contributed by atoms with Crippen LogP contribution in [0.3, 0.4) is 0 Å². The van der Waals surface area contributed by atoms with E-state index in [9.17, 15) is 0 Å². The van der Waals surface area contributed by atoms with E-state index in [4.69, 9.17) is 13.3 Å². The van der Waals surface area contributed by atoms with Crippen molar-refractivity contribution in [2.24, 2.45) is 0 Å². The molecule has 0 aromatic heterocycles. The molecule has 19 heavy (non-hydrogen) atoms. The second kappa shape index (κ2) is 13.1. The van der Waals surface area contributed by atoms with Crippen LogP contribution in [-0.2, 0) is 13.3 Å². The first-order valence-electron chi connectivity index (χ1n) is 7.81. The van der Waals surface area contributed by atoms with Crippen LogP contribution in [0.2, 0.25) is 6.04 Å². The molecular formula is C14H33NO3Si. The van der Waals surface area contributed by atoms with E-state index in [2.05, 4.69) is 26.1 Å². The number of rotatable bonds is 14. The number of unbranched alkanes of at least 4 members (excludes halogenated alkanes) is 1. The first kappa shape index (κ1) is 19.1. The highest BCUT2D eigenvalue weighted by Crippen LogP contribution is 2.20. The van der Waals surface area contributed by atoms with Crippen LogP contribution in [0.25, 0.3) is 0 Å². The fraction of sp³-hybridized carbons (Fsp3) is 1.00.